The number of hydrogen-bond acceptors (Lipinski definition) is 4. The molecule has 11 heavy (non-hydrogen) atoms. The summed E-state index contributed by atoms with van der Waals surface area (Å²) in [6, 6.07) is -0.851. The van der Waals surface area contributed by atoms with Crippen LogP contribution in [0.1, 0.15) is 20.3 Å². The highest BCUT2D eigenvalue weighted by atomic mass is 16.3. The molecule has 0 aromatic carbocycles. The SMILES string of the molecule is CCC(O)C(O)C(N)C(C)N. The quantitative estimate of drug-likeness (QED) is 0.417. The van der Waals surface area contributed by atoms with E-state index in [1.54, 1.807) is 13.8 Å². The minimum atomic E-state index is -0.917. The van der Waals surface area contributed by atoms with Crippen molar-refractivity contribution in [2.75, 3.05) is 0 Å². The van der Waals surface area contributed by atoms with E-state index in [0.717, 1.165) is 0 Å². The van der Waals surface area contributed by atoms with Crippen LogP contribution in [0.2, 0.25) is 0 Å². The number of nitrogens with two attached hydrogens (primary N) is 2. The van der Waals surface area contributed by atoms with Gasteiger partial charge in [-0.15, -0.1) is 0 Å². The molecule has 0 saturated heterocycles. The fourth-order valence-electron chi connectivity index (χ4n) is 0.809. The molecular formula is C7H18N2O2. The van der Waals surface area contributed by atoms with E-state index in [-0.39, 0.29) is 6.04 Å². The van der Waals surface area contributed by atoms with Gasteiger partial charge in [0.05, 0.1) is 12.2 Å². The molecule has 0 rings (SSSR count). The smallest absolute Gasteiger partial charge is 0.0964 e. The second-order valence-corrected chi connectivity index (χ2v) is 2.90. The molecule has 0 aromatic heterocycles. The lowest BCUT2D eigenvalue weighted by Crippen LogP contribution is -2.52. The van der Waals surface area contributed by atoms with Crippen LogP contribution >= 0.6 is 0 Å². The van der Waals surface area contributed by atoms with Gasteiger partial charge in [-0.3, -0.25) is 0 Å². The molecule has 0 aromatic rings. The molecule has 0 heterocycles. The van der Waals surface area contributed by atoms with Gasteiger partial charge < -0.3 is 21.7 Å². The zero-order chi connectivity index (χ0) is 9.02. The predicted molar refractivity (Wildman–Crippen MR) is 43.9 cm³/mol. The molecule has 0 spiro atoms. The van der Waals surface area contributed by atoms with Crippen molar-refractivity contribution < 1.29 is 10.2 Å². The molecule has 4 heteroatoms. The first-order chi connectivity index (χ1) is 5.00. The monoisotopic (exact) mass is 162 g/mol. The fourth-order valence-corrected chi connectivity index (χ4v) is 0.809. The molecule has 68 valence electrons. The van der Waals surface area contributed by atoms with Gasteiger partial charge in [0.15, 0.2) is 0 Å². The summed E-state index contributed by atoms with van der Waals surface area (Å²) in [4.78, 5) is 0. The molecule has 4 nitrogen and oxygen atoms in total. The Morgan fingerprint density at radius 1 is 1.27 bits per heavy atom. The van der Waals surface area contributed by atoms with E-state index >= 15 is 0 Å². The van der Waals surface area contributed by atoms with Crippen LogP contribution in [-0.4, -0.2) is 34.5 Å². The molecule has 4 unspecified atom stereocenters. The number of hydrogen-bond donors (Lipinski definition) is 4. The third-order valence-electron chi connectivity index (χ3n) is 1.81. The van der Waals surface area contributed by atoms with Crippen molar-refractivity contribution in [3.05, 3.63) is 0 Å². The summed E-state index contributed by atoms with van der Waals surface area (Å²) in [6.45, 7) is 3.48. The maximum Gasteiger partial charge on any atom is 0.0964 e. The van der Waals surface area contributed by atoms with Gasteiger partial charge >= 0.3 is 0 Å². The maximum absolute atomic E-state index is 9.30. The zero-order valence-corrected chi connectivity index (χ0v) is 7.07. The molecule has 0 bridgehead atoms. The highest BCUT2D eigenvalue weighted by molar-refractivity contribution is 4.83. The Kier molecular flexibility index (Phi) is 4.60. The van der Waals surface area contributed by atoms with Crippen LogP contribution in [0.4, 0.5) is 0 Å². The van der Waals surface area contributed by atoms with Gasteiger partial charge in [0.2, 0.25) is 0 Å². The van der Waals surface area contributed by atoms with Gasteiger partial charge in [-0.2, -0.15) is 0 Å². The summed E-state index contributed by atoms with van der Waals surface area (Å²) >= 11 is 0. The van der Waals surface area contributed by atoms with Gasteiger partial charge in [-0.1, -0.05) is 6.92 Å². The number of aliphatic hydroxyl groups is 2. The van der Waals surface area contributed by atoms with Crippen molar-refractivity contribution in [3.63, 3.8) is 0 Å². The molecule has 0 amide bonds. The van der Waals surface area contributed by atoms with Crippen LogP contribution in [0.25, 0.3) is 0 Å². The van der Waals surface area contributed by atoms with Crippen LogP contribution in [-0.2, 0) is 0 Å². The predicted octanol–water partition coefficient (Wildman–Crippen LogP) is -1.21. The first kappa shape index (κ1) is 10.8. The van der Waals surface area contributed by atoms with Crippen LogP contribution in [0.3, 0.4) is 0 Å². The molecule has 4 atom stereocenters. The standard InChI is InChI=1S/C7H18N2O2/c1-3-5(10)7(11)6(9)4(2)8/h4-7,10-11H,3,8-9H2,1-2H3. The molecule has 6 N–H and O–H groups in total. The third-order valence-corrected chi connectivity index (χ3v) is 1.81. The van der Waals surface area contributed by atoms with Gasteiger partial charge in [-0.25, -0.2) is 0 Å². The van der Waals surface area contributed by atoms with Gasteiger partial charge in [0.1, 0.15) is 0 Å². The molecule has 0 fully saturated rings. The van der Waals surface area contributed by atoms with Crippen molar-refractivity contribution in [2.24, 2.45) is 11.5 Å². The zero-order valence-electron chi connectivity index (χ0n) is 7.07. The largest absolute Gasteiger partial charge is 0.390 e. The van der Waals surface area contributed by atoms with E-state index in [1.807, 2.05) is 0 Å². The Hall–Kier alpha value is -0.160. The summed E-state index contributed by atoms with van der Waals surface area (Å²) < 4.78 is 0. The molecule has 0 aliphatic rings. The molecule has 0 aliphatic heterocycles. The van der Waals surface area contributed by atoms with Gasteiger partial charge in [0.25, 0.3) is 0 Å². The van der Waals surface area contributed by atoms with Crippen molar-refractivity contribution >= 4 is 0 Å². The highest BCUT2D eigenvalue weighted by Crippen LogP contribution is 2.03. The van der Waals surface area contributed by atoms with Gasteiger partial charge in [-0.05, 0) is 13.3 Å². The highest BCUT2D eigenvalue weighted by Gasteiger charge is 2.24. The van der Waals surface area contributed by atoms with E-state index in [2.05, 4.69) is 0 Å². The lowest BCUT2D eigenvalue weighted by Gasteiger charge is -2.25. The Bertz CT molecular complexity index is 109. The number of rotatable bonds is 4. The van der Waals surface area contributed by atoms with E-state index < -0.39 is 18.2 Å². The Morgan fingerprint density at radius 2 is 1.73 bits per heavy atom. The van der Waals surface area contributed by atoms with Crippen LogP contribution in [0, 0.1) is 0 Å². The van der Waals surface area contributed by atoms with E-state index in [1.165, 1.54) is 0 Å². The Balaban J connectivity index is 3.90. The van der Waals surface area contributed by atoms with E-state index in [4.69, 9.17) is 16.6 Å². The Morgan fingerprint density at radius 3 is 2.00 bits per heavy atom. The first-order valence-electron chi connectivity index (χ1n) is 3.88. The van der Waals surface area contributed by atoms with Crippen molar-refractivity contribution in [2.45, 2.75) is 44.6 Å². The lowest BCUT2D eigenvalue weighted by atomic mass is 9.99. The van der Waals surface area contributed by atoms with Crippen molar-refractivity contribution in [1.82, 2.24) is 0 Å². The van der Waals surface area contributed by atoms with Gasteiger partial charge in [0, 0.05) is 12.1 Å². The summed E-state index contributed by atoms with van der Waals surface area (Å²) in [5.74, 6) is 0. The minimum Gasteiger partial charge on any atom is -0.390 e. The summed E-state index contributed by atoms with van der Waals surface area (Å²) in [5, 5.41) is 18.5. The molecular weight excluding hydrogens is 144 g/mol. The molecule has 0 aliphatic carbocycles. The maximum atomic E-state index is 9.30. The average Bonchev–Trinajstić information content (AvgIpc) is 2.00. The second kappa shape index (κ2) is 4.66. The number of aliphatic hydroxyl groups excluding tert-OH is 2. The first-order valence-corrected chi connectivity index (χ1v) is 3.88. The van der Waals surface area contributed by atoms with Crippen LogP contribution in [0.5, 0.6) is 0 Å². The Labute approximate surface area is 67.2 Å². The summed E-state index contributed by atoms with van der Waals surface area (Å²) in [6.07, 6.45) is -1.20. The lowest BCUT2D eigenvalue weighted by molar-refractivity contribution is -0.00130. The second-order valence-electron chi connectivity index (χ2n) is 2.90. The van der Waals surface area contributed by atoms with E-state index in [0.29, 0.717) is 6.42 Å². The average molecular weight is 162 g/mol. The van der Waals surface area contributed by atoms with Crippen molar-refractivity contribution in [3.8, 4) is 0 Å². The fraction of sp³-hybridized carbons (Fsp3) is 1.00. The van der Waals surface area contributed by atoms with E-state index in [9.17, 15) is 5.11 Å². The minimum absolute atomic E-state index is 0.300. The topological polar surface area (TPSA) is 92.5 Å². The van der Waals surface area contributed by atoms with Crippen LogP contribution < -0.4 is 11.5 Å². The van der Waals surface area contributed by atoms with Crippen molar-refractivity contribution in [1.29, 1.82) is 0 Å². The normalized spacial score (nSPS) is 22.4. The molecule has 0 saturated carbocycles. The van der Waals surface area contributed by atoms with Crippen LogP contribution in [0.15, 0.2) is 0 Å². The summed E-state index contributed by atoms with van der Waals surface area (Å²) in [7, 11) is 0. The summed E-state index contributed by atoms with van der Waals surface area (Å²) in [5.41, 5.74) is 10.9. The third kappa shape index (κ3) is 3.16. The molecule has 0 radical (unpaired) electrons.